The van der Waals surface area contributed by atoms with Crippen LogP contribution in [0.15, 0.2) is 53.4 Å². The Hall–Kier alpha value is -2.43. The molecule has 2 aromatic rings. The Balaban J connectivity index is 2.32. The zero-order valence-electron chi connectivity index (χ0n) is 13.6. The number of ether oxygens (including phenoxy) is 1. The molecule has 0 unspecified atom stereocenters. The van der Waals surface area contributed by atoms with Crippen LogP contribution in [0.3, 0.4) is 0 Å². The molecule has 27 heavy (non-hydrogen) atoms. The average Bonchev–Trinajstić information content (AvgIpc) is 2.55. The third-order valence-corrected chi connectivity index (χ3v) is 4.67. The maximum absolute atomic E-state index is 13.5. The van der Waals surface area contributed by atoms with Gasteiger partial charge in [-0.1, -0.05) is 29.8 Å². The first kappa shape index (κ1) is 20.9. The summed E-state index contributed by atoms with van der Waals surface area (Å²) in [6.07, 6.45) is -15.7. The molecule has 0 aliphatic rings. The van der Waals surface area contributed by atoms with Crippen molar-refractivity contribution in [1.29, 1.82) is 0 Å². The van der Waals surface area contributed by atoms with E-state index in [0.717, 1.165) is 23.8 Å². The topological polar surface area (TPSA) is 55.4 Å². The highest BCUT2D eigenvalue weighted by Crippen LogP contribution is 2.38. The van der Waals surface area contributed by atoms with Gasteiger partial charge in [0.05, 0.1) is 10.6 Å². The van der Waals surface area contributed by atoms with Crippen LogP contribution in [0.5, 0.6) is 5.75 Å². The lowest BCUT2D eigenvalue weighted by atomic mass is 10.2. The molecule has 2 aromatic carbocycles. The molecule has 0 heterocycles. The minimum absolute atomic E-state index is 0.215. The van der Waals surface area contributed by atoms with E-state index in [1.54, 1.807) is 6.92 Å². The van der Waals surface area contributed by atoms with Crippen LogP contribution in [0, 0.1) is 6.92 Å². The van der Waals surface area contributed by atoms with E-state index in [1.807, 2.05) is 4.72 Å². The van der Waals surface area contributed by atoms with Gasteiger partial charge in [0.2, 0.25) is 0 Å². The number of anilines is 1. The SMILES string of the molecule is Cc1ccc(S(=O)(=O)Nc2ccccc2OC(F)(F)[C@H](F)C(F)(F)F)cc1. The molecule has 0 aromatic heterocycles. The fourth-order valence-electron chi connectivity index (χ4n) is 1.95. The lowest BCUT2D eigenvalue weighted by Gasteiger charge is -2.24. The molecule has 0 saturated heterocycles. The zero-order valence-corrected chi connectivity index (χ0v) is 14.4. The summed E-state index contributed by atoms with van der Waals surface area (Å²) in [7, 11) is -4.25. The average molecular weight is 413 g/mol. The Labute approximate surface area is 150 Å². The van der Waals surface area contributed by atoms with Crippen molar-refractivity contribution in [3.8, 4) is 5.75 Å². The number of alkyl halides is 6. The van der Waals surface area contributed by atoms with Gasteiger partial charge in [-0.05, 0) is 31.2 Å². The van der Waals surface area contributed by atoms with E-state index in [1.165, 1.54) is 30.3 Å². The molecule has 0 bridgehead atoms. The molecular formula is C16H13F6NO3S. The number of sulfonamides is 1. The number of hydrogen-bond acceptors (Lipinski definition) is 3. The molecule has 0 aliphatic carbocycles. The van der Waals surface area contributed by atoms with Crippen LogP contribution in [0.1, 0.15) is 5.56 Å². The van der Waals surface area contributed by atoms with Gasteiger partial charge >= 0.3 is 12.3 Å². The van der Waals surface area contributed by atoms with E-state index >= 15 is 0 Å². The van der Waals surface area contributed by atoms with Crippen LogP contribution >= 0.6 is 0 Å². The van der Waals surface area contributed by atoms with Gasteiger partial charge in [0.25, 0.3) is 16.2 Å². The summed E-state index contributed by atoms with van der Waals surface area (Å²) in [4.78, 5) is -0.215. The van der Waals surface area contributed by atoms with Gasteiger partial charge < -0.3 is 4.74 Å². The predicted octanol–water partition coefficient (Wildman–Crippen LogP) is 4.67. The van der Waals surface area contributed by atoms with Gasteiger partial charge in [0.15, 0.2) is 5.75 Å². The molecule has 148 valence electrons. The lowest BCUT2D eigenvalue weighted by Crippen LogP contribution is -2.45. The number of para-hydroxylation sites is 2. The maximum Gasteiger partial charge on any atom is 0.439 e. The Morgan fingerprint density at radius 2 is 1.52 bits per heavy atom. The Morgan fingerprint density at radius 3 is 2.07 bits per heavy atom. The Kier molecular flexibility index (Phi) is 5.64. The molecule has 4 nitrogen and oxygen atoms in total. The molecule has 0 radical (unpaired) electrons. The van der Waals surface area contributed by atoms with Crippen molar-refractivity contribution in [2.75, 3.05) is 4.72 Å². The summed E-state index contributed by atoms with van der Waals surface area (Å²) in [5, 5.41) is 0. The molecule has 2 rings (SSSR count). The molecule has 11 heteroatoms. The smallest absolute Gasteiger partial charge is 0.428 e. The number of halogens is 6. The molecule has 0 aliphatic heterocycles. The minimum atomic E-state index is -5.86. The van der Waals surface area contributed by atoms with Crippen molar-refractivity contribution < 1.29 is 39.5 Å². The second-order valence-electron chi connectivity index (χ2n) is 5.48. The van der Waals surface area contributed by atoms with Crippen molar-refractivity contribution in [3.63, 3.8) is 0 Å². The third-order valence-electron chi connectivity index (χ3n) is 3.29. The third kappa shape index (κ3) is 5.06. The molecule has 1 atom stereocenters. The standard InChI is InChI=1S/C16H13F6NO3S/c1-10-6-8-11(9-7-10)27(24,25)23-12-4-2-3-5-13(12)26-16(21,22)14(17)15(18,19)20/h2-9,14,23H,1H3/t14-/m1/s1. The molecule has 0 spiro atoms. The van der Waals surface area contributed by atoms with Crippen molar-refractivity contribution in [1.82, 2.24) is 0 Å². The molecule has 0 saturated carbocycles. The quantitative estimate of drug-likeness (QED) is 0.701. The first-order valence-electron chi connectivity index (χ1n) is 7.29. The van der Waals surface area contributed by atoms with Crippen molar-refractivity contribution >= 4 is 15.7 Å². The highest BCUT2D eigenvalue weighted by Gasteiger charge is 2.59. The van der Waals surface area contributed by atoms with Gasteiger partial charge in [0.1, 0.15) is 0 Å². The Morgan fingerprint density at radius 1 is 0.963 bits per heavy atom. The first-order chi connectivity index (χ1) is 12.3. The molecule has 0 fully saturated rings. The second-order valence-corrected chi connectivity index (χ2v) is 7.17. The number of benzene rings is 2. The lowest BCUT2D eigenvalue weighted by molar-refractivity contribution is -0.304. The Bertz CT molecular complexity index is 897. The fraction of sp³-hybridized carbons (Fsp3) is 0.250. The highest BCUT2D eigenvalue weighted by atomic mass is 32.2. The van der Waals surface area contributed by atoms with Crippen molar-refractivity contribution in [3.05, 3.63) is 54.1 Å². The number of hydrogen-bond donors (Lipinski definition) is 1. The van der Waals surface area contributed by atoms with Crippen molar-refractivity contribution in [2.45, 2.75) is 30.3 Å². The molecule has 0 amide bonds. The van der Waals surface area contributed by atoms with E-state index in [9.17, 15) is 34.8 Å². The van der Waals surface area contributed by atoms with Gasteiger partial charge in [-0.15, -0.1) is 0 Å². The van der Waals surface area contributed by atoms with Crippen LogP contribution in [-0.4, -0.2) is 26.9 Å². The number of rotatable bonds is 6. The van der Waals surface area contributed by atoms with Crippen LogP contribution < -0.4 is 9.46 Å². The van der Waals surface area contributed by atoms with Crippen LogP contribution in [0.2, 0.25) is 0 Å². The van der Waals surface area contributed by atoms with E-state index in [-0.39, 0.29) is 4.90 Å². The van der Waals surface area contributed by atoms with Gasteiger partial charge in [-0.3, -0.25) is 4.72 Å². The van der Waals surface area contributed by atoms with Crippen molar-refractivity contribution in [2.24, 2.45) is 0 Å². The predicted molar refractivity (Wildman–Crippen MR) is 85.0 cm³/mol. The second kappa shape index (κ2) is 7.29. The number of nitrogens with one attached hydrogen (secondary N) is 1. The summed E-state index contributed by atoms with van der Waals surface area (Å²) in [5.41, 5.74) is 0.186. The zero-order chi connectivity index (χ0) is 20.5. The summed E-state index contributed by atoms with van der Waals surface area (Å²) in [5.74, 6) is -0.968. The van der Waals surface area contributed by atoms with E-state index in [0.29, 0.717) is 0 Å². The van der Waals surface area contributed by atoms with E-state index in [4.69, 9.17) is 0 Å². The number of aryl methyl sites for hydroxylation is 1. The highest BCUT2D eigenvalue weighted by molar-refractivity contribution is 7.92. The minimum Gasteiger partial charge on any atom is -0.428 e. The summed E-state index contributed by atoms with van der Waals surface area (Å²) < 4.78 is 107. The maximum atomic E-state index is 13.5. The van der Waals surface area contributed by atoms with Crippen LogP contribution in [-0.2, 0) is 10.0 Å². The summed E-state index contributed by atoms with van der Waals surface area (Å²) in [6, 6.07) is 9.57. The van der Waals surface area contributed by atoms with Gasteiger partial charge in [0, 0.05) is 0 Å². The van der Waals surface area contributed by atoms with Gasteiger partial charge in [-0.25, -0.2) is 12.8 Å². The van der Waals surface area contributed by atoms with E-state index < -0.39 is 39.9 Å². The molecular weight excluding hydrogens is 400 g/mol. The first-order valence-corrected chi connectivity index (χ1v) is 8.77. The summed E-state index contributed by atoms with van der Waals surface area (Å²) in [6.45, 7) is 1.71. The monoisotopic (exact) mass is 413 g/mol. The van der Waals surface area contributed by atoms with E-state index in [2.05, 4.69) is 4.74 Å². The fourth-order valence-corrected chi connectivity index (χ4v) is 3.02. The van der Waals surface area contributed by atoms with Gasteiger partial charge in [-0.2, -0.15) is 22.0 Å². The molecule has 1 N–H and O–H groups in total. The summed E-state index contributed by atoms with van der Waals surface area (Å²) >= 11 is 0. The van der Waals surface area contributed by atoms with Crippen LogP contribution in [0.25, 0.3) is 0 Å². The largest absolute Gasteiger partial charge is 0.439 e. The van der Waals surface area contributed by atoms with Crippen LogP contribution in [0.4, 0.5) is 32.0 Å². The normalized spacial score (nSPS) is 13.9.